The van der Waals surface area contributed by atoms with Crippen molar-refractivity contribution < 1.29 is 9.90 Å². The van der Waals surface area contributed by atoms with Crippen molar-refractivity contribution >= 4 is 29.3 Å². The zero-order chi connectivity index (χ0) is 11.4. The number of aryl methyl sites for hydroxylation is 1. The van der Waals surface area contributed by atoms with Gasteiger partial charge in [-0.2, -0.15) is 0 Å². The summed E-state index contributed by atoms with van der Waals surface area (Å²) in [4.78, 5) is 11.8. The number of carbonyl (C=O) groups is 1. The van der Waals surface area contributed by atoms with Crippen molar-refractivity contribution in [2.75, 3.05) is 0 Å². The van der Waals surface area contributed by atoms with Gasteiger partial charge in [0.15, 0.2) is 0 Å². The van der Waals surface area contributed by atoms with E-state index in [2.05, 4.69) is 0 Å². The summed E-state index contributed by atoms with van der Waals surface area (Å²) in [6.45, 7) is 3.78. The van der Waals surface area contributed by atoms with Crippen LogP contribution in [0, 0.1) is 6.92 Å². The maximum Gasteiger partial charge on any atom is 0.316 e. The van der Waals surface area contributed by atoms with Gasteiger partial charge in [0.05, 0.1) is 0 Å². The zero-order valence-electron chi connectivity index (χ0n) is 8.66. The second-order valence-corrected chi connectivity index (χ2v) is 4.95. The first-order chi connectivity index (χ1) is 7.04. The van der Waals surface area contributed by atoms with E-state index in [1.54, 1.807) is 6.07 Å². The van der Waals surface area contributed by atoms with Gasteiger partial charge in [-0.15, -0.1) is 11.8 Å². The Labute approximate surface area is 98.6 Å². The van der Waals surface area contributed by atoms with Crippen molar-refractivity contribution in [2.24, 2.45) is 0 Å². The van der Waals surface area contributed by atoms with Crippen LogP contribution in [0.15, 0.2) is 23.1 Å². The number of hydrogen-bond acceptors (Lipinski definition) is 2. The van der Waals surface area contributed by atoms with E-state index in [1.165, 1.54) is 11.8 Å². The zero-order valence-corrected chi connectivity index (χ0v) is 10.2. The lowest BCUT2D eigenvalue weighted by molar-refractivity contribution is -0.136. The summed E-state index contributed by atoms with van der Waals surface area (Å²) >= 11 is 7.25. The summed E-state index contributed by atoms with van der Waals surface area (Å²) < 4.78 is 0. The Morgan fingerprint density at radius 3 is 2.73 bits per heavy atom. The number of hydrogen-bond donors (Lipinski definition) is 1. The molecule has 0 aliphatic carbocycles. The number of carboxylic acids is 1. The molecule has 0 aliphatic rings. The topological polar surface area (TPSA) is 37.3 Å². The van der Waals surface area contributed by atoms with E-state index in [0.717, 1.165) is 10.5 Å². The number of carboxylic acid groups (broad SMARTS) is 1. The maximum atomic E-state index is 10.8. The number of benzene rings is 1. The smallest absolute Gasteiger partial charge is 0.316 e. The highest BCUT2D eigenvalue weighted by molar-refractivity contribution is 8.00. The molecule has 0 saturated carbocycles. The highest BCUT2D eigenvalue weighted by atomic mass is 35.5. The van der Waals surface area contributed by atoms with Gasteiger partial charge in [0.2, 0.25) is 0 Å². The third-order valence-electron chi connectivity index (χ3n) is 2.05. The highest BCUT2D eigenvalue weighted by Gasteiger charge is 2.16. The van der Waals surface area contributed by atoms with Crippen molar-refractivity contribution in [2.45, 2.75) is 30.4 Å². The van der Waals surface area contributed by atoms with Crippen LogP contribution >= 0.6 is 23.4 Å². The van der Waals surface area contributed by atoms with E-state index >= 15 is 0 Å². The molecular formula is C11H13ClO2S. The number of rotatable bonds is 4. The van der Waals surface area contributed by atoms with Crippen molar-refractivity contribution in [3.05, 3.63) is 28.8 Å². The highest BCUT2D eigenvalue weighted by Crippen LogP contribution is 2.28. The predicted molar refractivity (Wildman–Crippen MR) is 63.8 cm³/mol. The minimum Gasteiger partial charge on any atom is -0.480 e. The third-order valence-corrected chi connectivity index (χ3v) is 3.82. The Hall–Kier alpha value is -0.670. The van der Waals surface area contributed by atoms with Crippen LogP contribution in [0.3, 0.4) is 0 Å². The molecule has 0 aliphatic heterocycles. The second-order valence-electron chi connectivity index (χ2n) is 3.26. The minimum atomic E-state index is -0.768. The molecule has 1 unspecified atom stereocenters. The van der Waals surface area contributed by atoms with Crippen LogP contribution in [-0.4, -0.2) is 16.3 Å². The standard InChI is InChI=1S/C11H13ClO2S/c1-3-10(11(13)14)15-8-4-5-9(12)7(2)6-8/h4-6,10H,3H2,1-2H3,(H,13,14). The predicted octanol–water partition coefficient (Wildman–Crippen LogP) is 3.60. The molecule has 1 aromatic carbocycles. The van der Waals surface area contributed by atoms with Gasteiger partial charge in [-0.1, -0.05) is 18.5 Å². The Kier molecular flexibility index (Phi) is 4.48. The van der Waals surface area contributed by atoms with Crippen molar-refractivity contribution in [3.8, 4) is 0 Å². The van der Waals surface area contributed by atoms with Gasteiger partial charge in [-0.3, -0.25) is 4.79 Å². The number of halogens is 1. The average molecular weight is 245 g/mol. The van der Waals surface area contributed by atoms with E-state index in [0.29, 0.717) is 11.4 Å². The molecule has 0 bridgehead atoms. The molecule has 0 spiro atoms. The molecule has 1 atom stereocenters. The molecule has 0 saturated heterocycles. The van der Waals surface area contributed by atoms with Gasteiger partial charge in [0.25, 0.3) is 0 Å². The summed E-state index contributed by atoms with van der Waals surface area (Å²) in [7, 11) is 0. The molecule has 0 fully saturated rings. The van der Waals surface area contributed by atoms with Gasteiger partial charge >= 0.3 is 5.97 Å². The van der Waals surface area contributed by atoms with E-state index in [-0.39, 0.29) is 5.25 Å². The van der Waals surface area contributed by atoms with Crippen LogP contribution in [0.2, 0.25) is 5.02 Å². The van der Waals surface area contributed by atoms with E-state index < -0.39 is 5.97 Å². The molecule has 4 heteroatoms. The monoisotopic (exact) mass is 244 g/mol. The molecule has 0 amide bonds. The normalized spacial score (nSPS) is 12.5. The summed E-state index contributed by atoms with van der Waals surface area (Å²) in [6, 6.07) is 5.57. The first-order valence-electron chi connectivity index (χ1n) is 4.70. The number of aliphatic carboxylic acids is 1. The molecule has 0 aromatic heterocycles. The molecule has 1 N–H and O–H groups in total. The van der Waals surface area contributed by atoms with Crippen molar-refractivity contribution in [1.29, 1.82) is 0 Å². The lowest BCUT2D eigenvalue weighted by atomic mass is 10.2. The quantitative estimate of drug-likeness (QED) is 0.823. The van der Waals surface area contributed by atoms with Crippen LogP contribution in [0.4, 0.5) is 0 Å². The van der Waals surface area contributed by atoms with Crippen molar-refractivity contribution in [3.63, 3.8) is 0 Å². The minimum absolute atomic E-state index is 0.384. The Balaban J connectivity index is 2.80. The number of thioether (sulfide) groups is 1. The van der Waals surface area contributed by atoms with E-state index in [1.807, 2.05) is 26.0 Å². The van der Waals surface area contributed by atoms with Crippen LogP contribution in [0.25, 0.3) is 0 Å². The van der Waals surface area contributed by atoms with Crippen LogP contribution in [0.5, 0.6) is 0 Å². The first kappa shape index (κ1) is 12.4. The molecule has 82 valence electrons. The molecule has 1 aromatic rings. The van der Waals surface area contributed by atoms with Crippen LogP contribution in [-0.2, 0) is 4.79 Å². The van der Waals surface area contributed by atoms with E-state index in [4.69, 9.17) is 16.7 Å². The summed E-state index contributed by atoms with van der Waals surface area (Å²) in [5.41, 5.74) is 0.974. The molecule has 0 heterocycles. The molecule has 2 nitrogen and oxygen atoms in total. The summed E-state index contributed by atoms with van der Waals surface area (Å²) in [5, 5.41) is 9.24. The summed E-state index contributed by atoms with van der Waals surface area (Å²) in [5.74, 6) is -0.768. The maximum absolute atomic E-state index is 10.8. The lowest BCUT2D eigenvalue weighted by Gasteiger charge is -2.10. The van der Waals surface area contributed by atoms with Crippen LogP contribution < -0.4 is 0 Å². The SMILES string of the molecule is CCC(Sc1ccc(Cl)c(C)c1)C(=O)O. The first-order valence-corrected chi connectivity index (χ1v) is 5.96. The summed E-state index contributed by atoms with van der Waals surface area (Å²) in [6.07, 6.45) is 0.613. The van der Waals surface area contributed by atoms with Crippen LogP contribution in [0.1, 0.15) is 18.9 Å². The fourth-order valence-corrected chi connectivity index (χ4v) is 2.27. The third kappa shape index (κ3) is 3.43. The average Bonchev–Trinajstić information content (AvgIpc) is 2.19. The van der Waals surface area contributed by atoms with Gasteiger partial charge in [0, 0.05) is 9.92 Å². The van der Waals surface area contributed by atoms with Gasteiger partial charge in [-0.05, 0) is 37.1 Å². The largest absolute Gasteiger partial charge is 0.480 e. The van der Waals surface area contributed by atoms with E-state index in [9.17, 15) is 4.79 Å². The fourth-order valence-electron chi connectivity index (χ4n) is 1.16. The molecular weight excluding hydrogens is 232 g/mol. The molecule has 0 radical (unpaired) electrons. The Morgan fingerprint density at radius 1 is 1.60 bits per heavy atom. The van der Waals surface area contributed by atoms with Gasteiger partial charge in [-0.25, -0.2) is 0 Å². The van der Waals surface area contributed by atoms with Gasteiger partial charge < -0.3 is 5.11 Å². The Morgan fingerprint density at radius 2 is 2.27 bits per heavy atom. The second kappa shape index (κ2) is 5.42. The van der Waals surface area contributed by atoms with Gasteiger partial charge in [0.1, 0.15) is 5.25 Å². The molecule has 1 rings (SSSR count). The lowest BCUT2D eigenvalue weighted by Crippen LogP contribution is -2.14. The van der Waals surface area contributed by atoms with Crippen molar-refractivity contribution in [1.82, 2.24) is 0 Å². The molecule has 15 heavy (non-hydrogen) atoms. The Bertz CT molecular complexity index is 366. The fraction of sp³-hybridized carbons (Fsp3) is 0.364.